The van der Waals surface area contributed by atoms with Crippen LogP contribution in [0.15, 0.2) is 79.1 Å². The van der Waals surface area contributed by atoms with Crippen molar-refractivity contribution in [3.63, 3.8) is 0 Å². The average Bonchev–Trinajstić information content (AvgIpc) is 2.88. The molecule has 164 valence electrons. The first-order chi connectivity index (χ1) is 16.1. The van der Waals surface area contributed by atoms with Crippen LogP contribution in [0.5, 0.6) is 0 Å². The summed E-state index contributed by atoms with van der Waals surface area (Å²) >= 11 is 0. The molecule has 2 aromatic heterocycles. The number of para-hydroxylation sites is 1. The van der Waals surface area contributed by atoms with Crippen molar-refractivity contribution in [1.29, 1.82) is 0 Å². The normalized spacial score (nSPS) is 13.8. The number of pyridine rings is 2. The quantitative estimate of drug-likeness (QED) is 0.482. The molecule has 0 unspecified atom stereocenters. The Balaban J connectivity index is 1.40. The highest BCUT2D eigenvalue weighted by Gasteiger charge is 2.27. The maximum atomic E-state index is 14.0. The number of benzene rings is 2. The van der Waals surface area contributed by atoms with Gasteiger partial charge in [-0.2, -0.15) is 0 Å². The standard InChI is InChI=1S/C26H21FN4O2/c27-22-7-3-1-6-20(22)25(32)30-13-15-31(16-14-30)26(33)21-17-24(18-9-11-28-12-10-18)29-23-8-4-2-5-19(21)23/h1-12,17H,13-16H2. The van der Waals surface area contributed by atoms with Crippen LogP contribution in [0.2, 0.25) is 0 Å². The monoisotopic (exact) mass is 440 g/mol. The lowest BCUT2D eigenvalue weighted by Gasteiger charge is -2.35. The number of rotatable bonds is 3. The van der Waals surface area contributed by atoms with E-state index < -0.39 is 5.82 Å². The first-order valence-electron chi connectivity index (χ1n) is 10.7. The van der Waals surface area contributed by atoms with E-state index in [4.69, 9.17) is 4.98 Å². The third-order valence-electron chi connectivity index (χ3n) is 5.88. The Morgan fingerprint density at radius 2 is 1.36 bits per heavy atom. The Bertz CT molecular complexity index is 1330. The molecule has 4 aromatic rings. The highest BCUT2D eigenvalue weighted by molar-refractivity contribution is 6.07. The van der Waals surface area contributed by atoms with E-state index in [1.807, 2.05) is 42.5 Å². The van der Waals surface area contributed by atoms with Crippen LogP contribution in [-0.2, 0) is 0 Å². The molecular formula is C26H21FN4O2. The second kappa shape index (κ2) is 8.78. The zero-order valence-corrected chi connectivity index (χ0v) is 17.8. The fourth-order valence-electron chi connectivity index (χ4n) is 4.11. The minimum Gasteiger partial charge on any atom is -0.335 e. The van der Waals surface area contributed by atoms with Gasteiger partial charge in [0.05, 0.1) is 22.3 Å². The molecule has 0 radical (unpaired) electrons. The summed E-state index contributed by atoms with van der Waals surface area (Å²) in [5.74, 6) is -0.996. The molecule has 2 aromatic carbocycles. The molecule has 6 nitrogen and oxygen atoms in total. The minimum absolute atomic E-state index is 0.0550. The molecule has 5 rings (SSSR count). The Morgan fingerprint density at radius 3 is 2.06 bits per heavy atom. The Labute approximate surface area is 190 Å². The van der Waals surface area contributed by atoms with Crippen molar-refractivity contribution in [1.82, 2.24) is 19.8 Å². The Hall–Kier alpha value is -4.13. The van der Waals surface area contributed by atoms with Gasteiger partial charge in [-0.15, -0.1) is 0 Å². The van der Waals surface area contributed by atoms with Crippen molar-refractivity contribution >= 4 is 22.7 Å². The van der Waals surface area contributed by atoms with Gasteiger partial charge in [-0.05, 0) is 36.4 Å². The molecule has 0 bridgehead atoms. The van der Waals surface area contributed by atoms with E-state index in [0.29, 0.717) is 37.4 Å². The lowest BCUT2D eigenvalue weighted by molar-refractivity contribution is 0.0534. The summed E-state index contributed by atoms with van der Waals surface area (Å²) in [5, 5.41) is 0.783. The average molecular weight is 440 g/mol. The molecule has 1 aliphatic heterocycles. The zero-order valence-electron chi connectivity index (χ0n) is 17.8. The van der Waals surface area contributed by atoms with E-state index in [0.717, 1.165) is 16.5 Å². The van der Waals surface area contributed by atoms with E-state index in [2.05, 4.69) is 4.98 Å². The van der Waals surface area contributed by atoms with Gasteiger partial charge in [0.15, 0.2) is 0 Å². The maximum absolute atomic E-state index is 14.0. The zero-order chi connectivity index (χ0) is 22.8. The molecule has 2 amide bonds. The van der Waals surface area contributed by atoms with Crippen LogP contribution in [0, 0.1) is 5.82 Å². The first-order valence-corrected chi connectivity index (χ1v) is 10.7. The number of carbonyl (C=O) groups excluding carboxylic acids is 2. The van der Waals surface area contributed by atoms with Crippen molar-refractivity contribution in [3.8, 4) is 11.3 Å². The molecule has 0 atom stereocenters. The van der Waals surface area contributed by atoms with Gasteiger partial charge < -0.3 is 9.80 Å². The van der Waals surface area contributed by atoms with E-state index in [9.17, 15) is 14.0 Å². The predicted octanol–water partition coefficient (Wildman–Crippen LogP) is 4.03. The number of halogens is 1. The topological polar surface area (TPSA) is 66.4 Å². The summed E-state index contributed by atoms with van der Waals surface area (Å²) in [6, 6.07) is 19.1. The highest BCUT2D eigenvalue weighted by Crippen LogP contribution is 2.26. The first kappa shape index (κ1) is 20.8. The van der Waals surface area contributed by atoms with Crippen molar-refractivity contribution < 1.29 is 14.0 Å². The molecule has 1 saturated heterocycles. The molecule has 0 aliphatic carbocycles. The number of hydrogen-bond acceptors (Lipinski definition) is 4. The third kappa shape index (κ3) is 4.05. The molecule has 3 heterocycles. The molecule has 33 heavy (non-hydrogen) atoms. The van der Waals surface area contributed by atoms with E-state index >= 15 is 0 Å². The predicted molar refractivity (Wildman–Crippen MR) is 123 cm³/mol. The molecule has 0 spiro atoms. The number of amides is 2. The second-order valence-electron chi connectivity index (χ2n) is 7.87. The lowest BCUT2D eigenvalue weighted by Crippen LogP contribution is -2.50. The Kier molecular flexibility index (Phi) is 5.52. The lowest BCUT2D eigenvalue weighted by atomic mass is 10.0. The van der Waals surface area contributed by atoms with Crippen LogP contribution in [0.4, 0.5) is 4.39 Å². The maximum Gasteiger partial charge on any atom is 0.256 e. The summed E-state index contributed by atoms with van der Waals surface area (Å²) in [7, 11) is 0. The summed E-state index contributed by atoms with van der Waals surface area (Å²) < 4.78 is 14.0. The molecular weight excluding hydrogens is 419 g/mol. The number of carbonyl (C=O) groups is 2. The molecule has 1 fully saturated rings. The smallest absolute Gasteiger partial charge is 0.256 e. The molecule has 0 N–H and O–H groups in total. The fourth-order valence-corrected chi connectivity index (χ4v) is 4.11. The van der Waals surface area contributed by atoms with Gasteiger partial charge in [0.25, 0.3) is 11.8 Å². The molecule has 7 heteroatoms. The third-order valence-corrected chi connectivity index (χ3v) is 5.88. The number of fused-ring (bicyclic) bond motifs is 1. The van der Waals surface area contributed by atoms with E-state index in [1.54, 1.807) is 34.3 Å². The molecule has 0 saturated carbocycles. The highest BCUT2D eigenvalue weighted by atomic mass is 19.1. The molecule has 1 aliphatic rings. The summed E-state index contributed by atoms with van der Waals surface area (Å²) in [4.78, 5) is 38.3. The van der Waals surface area contributed by atoms with Gasteiger partial charge in [0.1, 0.15) is 5.82 Å². The van der Waals surface area contributed by atoms with E-state index in [1.165, 1.54) is 12.1 Å². The summed E-state index contributed by atoms with van der Waals surface area (Å²) in [5.41, 5.74) is 2.95. The summed E-state index contributed by atoms with van der Waals surface area (Å²) in [6.45, 7) is 1.44. The van der Waals surface area contributed by atoms with Crippen LogP contribution in [0.3, 0.4) is 0 Å². The minimum atomic E-state index is -0.534. The number of hydrogen-bond donors (Lipinski definition) is 0. The number of aromatic nitrogens is 2. The number of piperazine rings is 1. The van der Waals surface area contributed by atoms with Crippen molar-refractivity contribution in [2.24, 2.45) is 0 Å². The van der Waals surface area contributed by atoms with Crippen molar-refractivity contribution in [3.05, 3.63) is 96.1 Å². The summed E-state index contributed by atoms with van der Waals surface area (Å²) in [6.07, 6.45) is 3.39. The van der Waals surface area contributed by atoms with Crippen molar-refractivity contribution in [2.45, 2.75) is 0 Å². The number of nitrogens with zero attached hydrogens (tertiary/aromatic N) is 4. The van der Waals surface area contributed by atoms with Gasteiger partial charge >= 0.3 is 0 Å². The van der Waals surface area contributed by atoms with Gasteiger partial charge in [0.2, 0.25) is 0 Å². The SMILES string of the molecule is O=C(c1ccccc1F)N1CCN(C(=O)c2cc(-c3ccncc3)nc3ccccc23)CC1. The van der Waals surface area contributed by atoms with Crippen LogP contribution >= 0.6 is 0 Å². The van der Waals surface area contributed by atoms with Gasteiger partial charge in [0, 0.05) is 49.5 Å². The fraction of sp³-hybridized carbons (Fsp3) is 0.154. The van der Waals surface area contributed by atoms with Crippen LogP contribution in [0.25, 0.3) is 22.2 Å². The van der Waals surface area contributed by atoms with Crippen molar-refractivity contribution in [2.75, 3.05) is 26.2 Å². The largest absolute Gasteiger partial charge is 0.335 e. The second-order valence-corrected chi connectivity index (χ2v) is 7.87. The van der Waals surface area contributed by atoms with Gasteiger partial charge in [-0.3, -0.25) is 14.6 Å². The van der Waals surface area contributed by atoms with Gasteiger partial charge in [-0.25, -0.2) is 9.37 Å². The van der Waals surface area contributed by atoms with Crippen LogP contribution in [0.1, 0.15) is 20.7 Å². The van der Waals surface area contributed by atoms with Gasteiger partial charge in [-0.1, -0.05) is 30.3 Å². The van der Waals surface area contributed by atoms with E-state index in [-0.39, 0.29) is 17.4 Å². The Morgan fingerprint density at radius 1 is 0.758 bits per heavy atom. The van der Waals surface area contributed by atoms with Crippen LogP contribution < -0.4 is 0 Å². The van der Waals surface area contributed by atoms with Crippen LogP contribution in [-0.4, -0.2) is 57.8 Å².